The highest BCUT2D eigenvalue weighted by Gasteiger charge is 2.22. The van der Waals surface area contributed by atoms with E-state index in [4.69, 9.17) is 16.3 Å². The maximum atomic E-state index is 12.3. The highest BCUT2D eigenvalue weighted by molar-refractivity contribution is 6.33. The van der Waals surface area contributed by atoms with Gasteiger partial charge in [0.15, 0.2) is 0 Å². The van der Waals surface area contributed by atoms with Crippen LogP contribution in [0.1, 0.15) is 36.3 Å². The average molecular weight is 300 g/mol. The number of aryl methyl sites for hydroxylation is 1. The number of ether oxygens (including phenoxy) is 1. The van der Waals surface area contributed by atoms with Crippen molar-refractivity contribution in [1.82, 2.24) is 15.1 Å². The van der Waals surface area contributed by atoms with Gasteiger partial charge in [0.05, 0.1) is 17.9 Å². The third kappa shape index (κ3) is 3.52. The van der Waals surface area contributed by atoms with Crippen LogP contribution in [0.4, 0.5) is 0 Å². The van der Waals surface area contributed by atoms with Crippen LogP contribution in [-0.4, -0.2) is 35.4 Å². The van der Waals surface area contributed by atoms with Crippen LogP contribution in [-0.2, 0) is 11.3 Å². The molecule has 2 heterocycles. The Morgan fingerprint density at radius 1 is 1.60 bits per heavy atom. The van der Waals surface area contributed by atoms with Crippen LogP contribution < -0.4 is 5.32 Å². The molecule has 1 aliphatic rings. The Labute approximate surface area is 124 Å². The number of nitrogens with zero attached hydrogens (tertiary/aromatic N) is 2. The number of amides is 1. The third-order valence-electron chi connectivity index (χ3n) is 3.41. The van der Waals surface area contributed by atoms with E-state index in [-0.39, 0.29) is 5.91 Å². The predicted octanol–water partition coefficient (Wildman–Crippen LogP) is 2.27. The maximum absolute atomic E-state index is 12.3. The molecule has 1 atom stereocenters. The molecule has 5 nitrogen and oxygen atoms in total. The molecular weight excluding hydrogens is 278 g/mol. The van der Waals surface area contributed by atoms with Crippen molar-refractivity contribution in [1.29, 1.82) is 0 Å². The van der Waals surface area contributed by atoms with Gasteiger partial charge < -0.3 is 10.1 Å². The fourth-order valence-corrected chi connectivity index (χ4v) is 2.68. The van der Waals surface area contributed by atoms with E-state index in [1.807, 2.05) is 6.92 Å². The van der Waals surface area contributed by atoms with Crippen LogP contribution in [0.15, 0.2) is 0 Å². The maximum Gasteiger partial charge on any atom is 0.256 e. The van der Waals surface area contributed by atoms with Gasteiger partial charge in [-0.25, -0.2) is 0 Å². The molecule has 6 heteroatoms. The summed E-state index contributed by atoms with van der Waals surface area (Å²) in [5.41, 5.74) is 1.17. The Hall–Kier alpha value is -1.07. The van der Waals surface area contributed by atoms with E-state index in [0.29, 0.717) is 41.3 Å². The van der Waals surface area contributed by atoms with Gasteiger partial charge in [-0.3, -0.25) is 9.48 Å². The average Bonchev–Trinajstić information content (AvgIpc) is 2.96. The molecule has 2 rings (SSSR count). The number of rotatable bonds is 5. The summed E-state index contributed by atoms with van der Waals surface area (Å²) < 4.78 is 7.00. The quantitative estimate of drug-likeness (QED) is 0.907. The number of carbonyl (C=O) groups is 1. The lowest BCUT2D eigenvalue weighted by molar-refractivity contribution is 0.0944. The van der Waals surface area contributed by atoms with Crippen molar-refractivity contribution in [3.8, 4) is 0 Å². The first-order valence-corrected chi connectivity index (χ1v) is 7.45. The Morgan fingerprint density at radius 2 is 2.35 bits per heavy atom. The zero-order chi connectivity index (χ0) is 14.7. The lowest BCUT2D eigenvalue weighted by Crippen LogP contribution is -2.30. The van der Waals surface area contributed by atoms with E-state index in [1.165, 1.54) is 0 Å². The van der Waals surface area contributed by atoms with E-state index in [9.17, 15) is 4.79 Å². The van der Waals surface area contributed by atoms with Crippen molar-refractivity contribution in [2.24, 2.45) is 11.8 Å². The SMILES string of the molecule is Cc1nn(CC(C)C)c(Cl)c1C(=O)NCC1CCOC1. The summed E-state index contributed by atoms with van der Waals surface area (Å²) in [6, 6.07) is 0. The van der Waals surface area contributed by atoms with E-state index in [1.54, 1.807) is 4.68 Å². The second-order valence-corrected chi connectivity index (χ2v) is 6.12. The Morgan fingerprint density at radius 3 is 2.95 bits per heavy atom. The minimum Gasteiger partial charge on any atom is -0.381 e. The molecule has 1 fully saturated rings. The highest BCUT2D eigenvalue weighted by Crippen LogP contribution is 2.21. The van der Waals surface area contributed by atoms with Crippen LogP contribution >= 0.6 is 11.6 Å². The molecule has 1 amide bonds. The molecule has 0 bridgehead atoms. The summed E-state index contributed by atoms with van der Waals surface area (Å²) in [6.07, 6.45) is 1.000. The summed E-state index contributed by atoms with van der Waals surface area (Å²) in [5, 5.41) is 7.71. The van der Waals surface area contributed by atoms with Gasteiger partial charge in [-0.15, -0.1) is 0 Å². The Balaban J connectivity index is 2.03. The molecule has 0 spiro atoms. The van der Waals surface area contributed by atoms with Gasteiger partial charge >= 0.3 is 0 Å². The second kappa shape index (κ2) is 6.59. The monoisotopic (exact) mass is 299 g/mol. The van der Waals surface area contributed by atoms with E-state index in [2.05, 4.69) is 24.3 Å². The lowest BCUT2D eigenvalue weighted by Gasteiger charge is -2.09. The second-order valence-electron chi connectivity index (χ2n) is 5.77. The van der Waals surface area contributed by atoms with Crippen molar-refractivity contribution < 1.29 is 9.53 Å². The van der Waals surface area contributed by atoms with E-state index < -0.39 is 0 Å². The van der Waals surface area contributed by atoms with Gasteiger partial charge in [0.1, 0.15) is 5.15 Å². The lowest BCUT2D eigenvalue weighted by atomic mass is 10.1. The molecule has 1 saturated heterocycles. The van der Waals surface area contributed by atoms with Crippen LogP contribution in [0.3, 0.4) is 0 Å². The van der Waals surface area contributed by atoms with E-state index in [0.717, 1.165) is 19.6 Å². The summed E-state index contributed by atoms with van der Waals surface area (Å²) in [7, 11) is 0. The van der Waals surface area contributed by atoms with Gasteiger partial charge in [-0.1, -0.05) is 25.4 Å². The number of carbonyl (C=O) groups excluding carboxylic acids is 1. The first kappa shape index (κ1) is 15.3. The number of halogens is 1. The molecule has 1 aliphatic heterocycles. The zero-order valence-electron chi connectivity index (χ0n) is 12.3. The summed E-state index contributed by atoms with van der Waals surface area (Å²) in [4.78, 5) is 12.3. The number of hydrogen-bond acceptors (Lipinski definition) is 3. The van der Waals surface area contributed by atoms with Crippen LogP contribution in [0, 0.1) is 18.8 Å². The molecule has 20 heavy (non-hydrogen) atoms. The molecule has 0 saturated carbocycles. The highest BCUT2D eigenvalue weighted by atomic mass is 35.5. The molecular formula is C14H22ClN3O2. The normalized spacial score (nSPS) is 18.8. The van der Waals surface area contributed by atoms with Crippen molar-refractivity contribution in [3.05, 3.63) is 16.4 Å². The van der Waals surface area contributed by atoms with Crippen molar-refractivity contribution in [2.45, 2.75) is 33.7 Å². The minimum atomic E-state index is -0.144. The smallest absolute Gasteiger partial charge is 0.256 e. The molecule has 112 valence electrons. The molecule has 0 aromatic carbocycles. The van der Waals surface area contributed by atoms with Crippen LogP contribution in [0.2, 0.25) is 5.15 Å². The molecule has 0 aliphatic carbocycles. The van der Waals surface area contributed by atoms with Gasteiger partial charge in [-0.05, 0) is 19.3 Å². The van der Waals surface area contributed by atoms with Gasteiger partial charge in [0, 0.05) is 25.6 Å². The fraction of sp³-hybridized carbons (Fsp3) is 0.714. The largest absolute Gasteiger partial charge is 0.381 e. The third-order valence-corrected chi connectivity index (χ3v) is 3.79. The number of hydrogen-bond donors (Lipinski definition) is 1. The molecule has 1 aromatic heterocycles. The first-order chi connectivity index (χ1) is 9.49. The fourth-order valence-electron chi connectivity index (χ4n) is 2.35. The Bertz CT molecular complexity index is 479. The molecule has 1 N–H and O–H groups in total. The number of nitrogens with one attached hydrogen (secondary N) is 1. The number of aromatic nitrogens is 2. The van der Waals surface area contributed by atoms with Crippen LogP contribution in [0.5, 0.6) is 0 Å². The van der Waals surface area contributed by atoms with Gasteiger partial charge in [0.2, 0.25) is 0 Å². The topological polar surface area (TPSA) is 56.2 Å². The molecule has 1 unspecified atom stereocenters. The van der Waals surface area contributed by atoms with Crippen LogP contribution in [0.25, 0.3) is 0 Å². The molecule has 1 aromatic rings. The summed E-state index contributed by atoms with van der Waals surface area (Å²) in [6.45, 7) is 8.84. The van der Waals surface area contributed by atoms with E-state index >= 15 is 0 Å². The summed E-state index contributed by atoms with van der Waals surface area (Å²) >= 11 is 6.28. The van der Waals surface area contributed by atoms with Crippen molar-refractivity contribution in [3.63, 3.8) is 0 Å². The first-order valence-electron chi connectivity index (χ1n) is 7.08. The van der Waals surface area contributed by atoms with Gasteiger partial charge in [0.25, 0.3) is 5.91 Å². The summed E-state index contributed by atoms with van der Waals surface area (Å²) in [5.74, 6) is 0.691. The minimum absolute atomic E-state index is 0.144. The van der Waals surface area contributed by atoms with Crippen molar-refractivity contribution >= 4 is 17.5 Å². The van der Waals surface area contributed by atoms with Gasteiger partial charge in [-0.2, -0.15) is 5.10 Å². The Kier molecular flexibility index (Phi) is 5.05. The zero-order valence-corrected chi connectivity index (χ0v) is 13.0. The predicted molar refractivity (Wildman–Crippen MR) is 78.1 cm³/mol. The van der Waals surface area contributed by atoms with Crippen molar-refractivity contribution in [2.75, 3.05) is 19.8 Å². The molecule has 0 radical (unpaired) electrons. The standard InChI is InChI=1S/C14H22ClN3O2/c1-9(2)7-18-13(15)12(10(3)17-18)14(19)16-6-11-4-5-20-8-11/h9,11H,4-8H2,1-3H3,(H,16,19).